The monoisotopic (exact) mass is 432 g/mol. The van der Waals surface area contributed by atoms with E-state index in [-0.39, 0.29) is 11.5 Å². The molecule has 5 N–H and O–H groups in total. The summed E-state index contributed by atoms with van der Waals surface area (Å²) in [5.74, 6) is 3.16. The Balaban J connectivity index is 1.24. The Morgan fingerprint density at radius 1 is 1.06 bits per heavy atom. The molecule has 176 valence electrons. The molecule has 2 unspecified atom stereocenters. The molecule has 0 spiro atoms. The number of guanidine groups is 1. The van der Waals surface area contributed by atoms with Gasteiger partial charge in [0.2, 0.25) is 5.96 Å². The van der Waals surface area contributed by atoms with Crippen LogP contribution in [0.4, 0.5) is 0 Å². The van der Waals surface area contributed by atoms with Crippen LogP contribution in [0.1, 0.15) is 84.5 Å². The molecule has 5 rings (SSSR count). The first kappa shape index (κ1) is 22.0. The highest BCUT2D eigenvalue weighted by Crippen LogP contribution is 2.69. The lowest BCUT2D eigenvalue weighted by Crippen LogP contribution is -2.62. The average Bonchev–Trinajstić information content (AvgIpc) is 3.03. The molecule has 8 atom stereocenters. The van der Waals surface area contributed by atoms with E-state index >= 15 is 0 Å². The minimum absolute atomic E-state index is 0.0355. The smallest absolute Gasteiger partial charge is 0.205 e. The van der Waals surface area contributed by atoms with Crippen LogP contribution in [0.2, 0.25) is 0 Å². The van der Waals surface area contributed by atoms with Gasteiger partial charge < -0.3 is 15.5 Å². The lowest BCUT2D eigenvalue weighted by Gasteiger charge is -2.63. The number of nitrogens with one attached hydrogen (secondary N) is 3. The lowest BCUT2D eigenvalue weighted by molar-refractivity contribution is -0.210. The number of aliphatic hydroxyl groups excluding tert-OH is 1. The highest BCUT2D eigenvalue weighted by atomic mass is 16.3. The van der Waals surface area contributed by atoms with Crippen LogP contribution in [0.15, 0.2) is 4.99 Å². The number of aliphatic imine (C=N–C) groups is 1. The van der Waals surface area contributed by atoms with Crippen LogP contribution in [-0.4, -0.2) is 47.5 Å². The second-order valence-corrected chi connectivity index (χ2v) is 11.9. The van der Waals surface area contributed by atoms with Gasteiger partial charge in [0.05, 0.1) is 11.7 Å². The van der Waals surface area contributed by atoms with Crippen molar-refractivity contribution in [2.45, 2.75) is 96.2 Å². The van der Waals surface area contributed by atoms with Gasteiger partial charge in [0.15, 0.2) is 0 Å². The number of nitrogens with zero attached hydrogens (tertiary/aromatic N) is 1. The second-order valence-electron chi connectivity index (χ2n) is 11.9. The Morgan fingerprint density at radius 3 is 2.74 bits per heavy atom. The molecule has 0 aromatic carbocycles. The zero-order valence-corrected chi connectivity index (χ0v) is 19.6. The quantitative estimate of drug-likeness (QED) is 0.348. The van der Waals surface area contributed by atoms with Gasteiger partial charge >= 0.3 is 0 Å². The number of rotatable bonds is 4. The third kappa shape index (κ3) is 3.52. The standard InChI is InChI=1S/C25H44N4O2/c1-23-10-7-19(30)16-18(23)4-5-21-20(23)8-11-24(2)17(6-12-25(21,24)31)9-15-28-29-22-26-13-3-14-27-22/h17-21,28,30-31H,3-16H2,1-2H3,(H2,26,27,29)/t17-,18?,19?,20+,21-,23+,24-,25-/m1/s1. The van der Waals surface area contributed by atoms with Crippen molar-refractivity contribution in [1.29, 1.82) is 0 Å². The van der Waals surface area contributed by atoms with Crippen LogP contribution in [0, 0.1) is 34.5 Å². The molecule has 4 saturated carbocycles. The number of hydrogen-bond donors (Lipinski definition) is 5. The Labute approximate surface area is 188 Å². The van der Waals surface area contributed by atoms with Crippen LogP contribution < -0.4 is 16.2 Å². The third-order valence-corrected chi connectivity index (χ3v) is 10.7. The fraction of sp³-hybridized carbons (Fsp3) is 0.960. The maximum Gasteiger partial charge on any atom is 0.205 e. The molecule has 4 fully saturated rings. The van der Waals surface area contributed by atoms with Gasteiger partial charge in [0, 0.05) is 19.6 Å². The second kappa shape index (κ2) is 8.18. The average molecular weight is 433 g/mol. The molecule has 6 nitrogen and oxygen atoms in total. The minimum Gasteiger partial charge on any atom is -0.393 e. The molecule has 31 heavy (non-hydrogen) atoms. The Kier molecular flexibility index (Phi) is 5.79. The lowest BCUT2D eigenvalue weighted by atomic mass is 9.43. The van der Waals surface area contributed by atoms with E-state index in [1.54, 1.807) is 0 Å². The summed E-state index contributed by atoms with van der Waals surface area (Å²) in [5.41, 5.74) is 6.44. The molecule has 0 saturated heterocycles. The normalized spacial score (nSPS) is 49.3. The minimum atomic E-state index is -0.507. The molecular formula is C25H44N4O2. The zero-order chi connectivity index (χ0) is 21.7. The predicted molar refractivity (Wildman–Crippen MR) is 123 cm³/mol. The van der Waals surface area contributed by atoms with Crippen molar-refractivity contribution < 1.29 is 10.2 Å². The van der Waals surface area contributed by atoms with Crippen molar-refractivity contribution in [3.63, 3.8) is 0 Å². The first-order valence-electron chi connectivity index (χ1n) is 13.0. The molecule has 0 aromatic rings. The van der Waals surface area contributed by atoms with E-state index in [0.29, 0.717) is 29.1 Å². The molecule has 0 amide bonds. The Bertz CT molecular complexity index is 701. The number of hydrogen-bond acceptors (Lipinski definition) is 6. The maximum atomic E-state index is 12.2. The van der Waals surface area contributed by atoms with Crippen LogP contribution in [0.3, 0.4) is 0 Å². The van der Waals surface area contributed by atoms with Crippen LogP contribution in [0.25, 0.3) is 0 Å². The molecule has 0 aromatic heterocycles. The van der Waals surface area contributed by atoms with Crippen LogP contribution in [0.5, 0.6) is 0 Å². The van der Waals surface area contributed by atoms with E-state index in [0.717, 1.165) is 83.4 Å². The Morgan fingerprint density at radius 2 is 1.94 bits per heavy atom. The molecular weight excluding hydrogens is 388 g/mol. The van der Waals surface area contributed by atoms with Crippen molar-refractivity contribution >= 4 is 5.96 Å². The van der Waals surface area contributed by atoms with E-state index in [9.17, 15) is 10.2 Å². The van der Waals surface area contributed by atoms with Gasteiger partial charge in [-0.25, -0.2) is 5.43 Å². The first-order chi connectivity index (χ1) is 14.9. The number of fused-ring (bicyclic) bond motifs is 5. The number of aliphatic hydroxyl groups is 2. The molecule has 1 heterocycles. The summed E-state index contributed by atoms with van der Waals surface area (Å²) in [5, 5.41) is 25.8. The molecule has 0 radical (unpaired) electrons. The summed E-state index contributed by atoms with van der Waals surface area (Å²) in [7, 11) is 0. The van der Waals surface area contributed by atoms with Crippen molar-refractivity contribution in [3.8, 4) is 0 Å². The van der Waals surface area contributed by atoms with Gasteiger partial charge in [-0.1, -0.05) is 13.8 Å². The van der Waals surface area contributed by atoms with E-state index in [2.05, 4.69) is 35.0 Å². The summed E-state index contributed by atoms with van der Waals surface area (Å²) in [6.07, 6.45) is 12.1. The van der Waals surface area contributed by atoms with E-state index in [4.69, 9.17) is 0 Å². The third-order valence-electron chi connectivity index (χ3n) is 10.7. The van der Waals surface area contributed by atoms with Gasteiger partial charge in [0.1, 0.15) is 0 Å². The van der Waals surface area contributed by atoms with Crippen molar-refractivity contribution in [2.24, 2.45) is 39.5 Å². The fourth-order valence-electron chi connectivity index (χ4n) is 8.79. The fourth-order valence-corrected chi connectivity index (χ4v) is 8.79. The molecule has 1 aliphatic heterocycles. The van der Waals surface area contributed by atoms with Gasteiger partial charge in [-0.05, 0) is 105 Å². The van der Waals surface area contributed by atoms with Gasteiger partial charge in [-0.2, -0.15) is 0 Å². The molecule has 6 heteroatoms. The van der Waals surface area contributed by atoms with E-state index in [1.807, 2.05) is 0 Å². The molecule has 4 aliphatic carbocycles. The summed E-state index contributed by atoms with van der Waals surface area (Å²) >= 11 is 0. The summed E-state index contributed by atoms with van der Waals surface area (Å²) in [6.45, 7) is 7.69. The SMILES string of the molecule is C[C@]12CCC(O)CC1CC[C@@H]1[C@@H]2CC[C@]2(C)[C@@H](CCNNC3=NCCCN3)CC[C@@]12O. The van der Waals surface area contributed by atoms with Crippen LogP contribution in [-0.2, 0) is 0 Å². The van der Waals surface area contributed by atoms with Gasteiger partial charge in [-0.15, -0.1) is 0 Å². The maximum absolute atomic E-state index is 12.2. The van der Waals surface area contributed by atoms with Crippen molar-refractivity contribution in [1.82, 2.24) is 16.2 Å². The van der Waals surface area contributed by atoms with Gasteiger partial charge in [0.25, 0.3) is 0 Å². The largest absolute Gasteiger partial charge is 0.393 e. The van der Waals surface area contributed by atoms with Crippen molar-refractivity contribution in [3.05, 3.63) is 0 Å². The van der Waals surface area contributed by atoms with E-state index in [1.165, 1.54) is 12.8 Å². The van der Waals surface area contributed by atoms with Gasteiger partial charge in [-0.3, -0.25) is 10.4 Å². The summed E-state index contributed by atoms with van der Waals surface area (Å²) in [6, 6.07) is 0. The summed E-state index contributed by atoms with van der Waals surface area (Å²) in [4.78, 5) is 4.45. The highest BCUT2D eigenvalue weighted by molar-refractivity contribution is 5.79. The number of hydrazine groups is 1. The topological polar surface area (TPSA) is 88.9 Å². The first-order valence-corrected chi connectivity index (χ1v) is 13.0. The van der Waals surface area contributed by atoms with Crippen molar-refractivity contribution in [2.75, 3.05) is 19.6 Å². The highest BCUT2D eigenvalue weighted by Gasteiger charge is 2.66. The Hall–Kier alpha value is -0.850. The van der Waals surface area contributed by atoms with E-state index < -0.39 is 5.60 Å². The molecule has 0 bridgehead atoms. The predicted octanol–water partition coefficient (Wildman–Crippen LogP) is 2.95. The molecule has 5 aliphatic rings. The van der Waals surface area contributed by atoms with Crippen LogP contribution >= 0.6 is 0 Å². The summed E-state index contributed by atoms with van der Waals surface area (Å²) < 4.78 is 0. The zero-order valence-electron chi connectivity index (χ0n) is 19.6.